The highest BCUT2D eigenvalue weighted by Gasteiger charge is 2.18. The Labute approximate surface area is 73.9 Å². The molecule has 0 aromatic carbocycles. The fourth-order valence-electron chi connectivity index (χ4n) is 0.837. The third-order valence-corrected chi connectivity index (χ3v) is 1.72. The standard InChI is InChI=1S/C7H10N2O4/c1-3-5(13-9-6(3)10)2-4(8)7(11)12/h4H,2,8H2,1H3,(H,9,10)(H,11,12)/t4-/m0/s1. The molecule has 0 radical (unpaired) electrons. The number of nitrogens with zero attached hydrogens (tertiary/aromatic N) is 1. The number of aromatic nitrogens is 1. The van der Waals surface area contributed by atoms with Gasteiger partial charge in [0.1, 0.15) is 11.8 Å². The zero-order valence-corrected chi connectivity index (χ0v) is 7.02. The van der Waals surface area contributed by atoms with Crippen LogP contribution in [0.1, 0.15) is 11.3 Å². The third-order valence-electron chi connectivity index (χ3n) is 1.72. The van der Waals surface area contributed by atoms with Crippen molar-refractivity contribution >= 4 is 5.97 Å². The van der Waals surface area contributed by atoms with Gasteiger partial charge in [-0.25, -0.2) is 0 Å². The van der Waals surface area contributed by atoms with Gasteiger partial charge in [0, 0.05) is 6.42 Å². The minimum absolute atomic E-state index is 0.0225. The molecule has 6 nitrogen and oxygen atoms in total. The van der Waals surface area contributed by atoms with Crippen molar-refractivity contribution in [3.63, 3.8) is 0 Å². The molecule has 1 aromatic heterocycles. The molecular weight excluding hydrogens is 176 g/mol. The quantitative estimate of drug-likeness (QED) is 0.594. The Hall–Kier alpha value is -1.56. The summed E-state index contributed by atoms with van der Waals surface area (Å²) in [5, 5.41) is 20.8. The van der Waals surface area contributed by atoms with Crippen molar-refractivity contribution in [2.75, 3.05) is 0 Å². The van der Waals surface area contributed by atoms with Crippen LogP contribution in [-0.4, -0.2) is 27.4 Å². The summed E-state index contributed by atoms with van der Waals surface area (Å²) in [4.78, 5) is 10.4. The maximum absolute atomic E-state index is 10.4. The van der Waals surface area contributed by atoms with E-state index in [-0.39, 0.29) is 12.3 Å². The van der Waals surface area contributed by atoms with Gasteiger partial charge in [-0.15, -0.1) is 0 Å². The average molecular weight is 186 g/mol. The smallest absolute Gasteiger partial charge is 0.320 e. The van der Waals surface area contributed by atoms with E-state index in [1.807, 2.05) is 0 Å². The lowest BCUT2D eigenvalue weighted by atomic mass is 10.1. The Balaban J connectivity index is 2.74. The summed E-state index contributed by atoms with van der Waals surface area (Å²) < 4.78 is 4.67. The van der Waals surface area contributed by atoms with Gasteiger partial charge in [-0.2, -0.15) is 0 Å². The molecule has 1 heterocycles. The molecule has 0 spiro atoms. The molecule has 0 saturated carbocycles. The number of hydrogen-bond donors (Lipinski definition) is 3. The second kappa shape index (κ2) is 3.44. The van der Waals surface area contributed by atoms with Crippen LogP contribution in [0.5, 0.6) is 5.88 Å². The van der Waals surface area contributed by atoms with Crippen LogP contribution in [0.25, 0.3) is 0 Å². The first kappa shape index (κ1) is 9.53. The van der Waals surface area contributed by atoms with Gasteiger partial charge in [-0.3, -0.25) is 4.79 Å². The van der Waals surface area contributed by atoms with Crippen LogP contribution < -0.4 is 5.73 Å². The van der Waals surface area contributed by atoms with Crippen molar-refractivity contribution in [3.05, 3.63) is 11.3 Å². The van der Waals surface area contributed by atoms with Crippen molar-refractivity contribution in [1.82, 2.24) is 5.16 Å². The van der Waals surface area contributed by atoms with E-state index in [9.17, 15) is 4.79 Å². The average Bonchev–Trinajstić information content (AvgIpc) is 2.36. The Morgan fingerprint density at radius 2 is 2.38 bits per heavy atom. The van der Waals surface area contributed by atoms with Crippen LogP contribution >= 0.6 is 0 Å². The monoisotopic (exact) mass is 186 g/mol. The van der Waals surface area contributed by atoms with Crippen LogP contribution in [0.15, 0.2) is 4.52 Å². The van der Waals surface area contributed by atoms with Crippen LogP contribution in [0, 0.1) is 6.92 Å². The Morgan fingerprint density at radius 3 is 2.77 bits per heavy atom. The minimum atomic E-state index is -1.12. The van der Waals surface area contributed by atoms with E-state index in [2.05, 4.69) is 9.68 Å². The van der Waals surface area contributed by atoms with E-state index in [0.717, 1.165) is 0 Å². The molecule has 0 aliphatic heterocycles. The van der Waals surface area contributed by atoms with Crippen LogP contribution in [-0.2, 0) is 11.2 Å². The molecule has 6 heteroatoms. The molecule has 0 bridgehead atoms. The summed E-state index contributed by atoms with van der Waals surface area (Å²) in [5.41, 5.74) is 5.69. The highest BCUT2D eigenvalue weighted by Crippen LogP contribution is 2.19. The molecule has 0 aliphatic rings. The predicted molar refractivity (Wildman–Crippen MR) is 42.2 cm³/mol. The number of aromatic hydroxyl groups is 1. The van der Waals surface area contributed by atoms with E-state index >= 15 is 0 Å². The van der Waals surface area contributed by atoms with Crippen molar-refractivity contribution < 1.29 is 19.5 Å². The van der Waals surface area contributed by atoms with Gasteiger partial charge >= 0.3 is 5.97 Å². The molecule has 1 rings (SSSR count). The molecule has 0 fully saturated rings. The largest absolute Gasteiger partial charge is 0.491 e. The second-order valence-electron chi connectivity index (χ2n) is 2.70. The SMILES string of the molecule is Cc1c(O)noc1C[C@H](N)C(=O)O. The topological polar surface area (TPSA) is 110 Å². The normalized spacial score (nSPS) is 12.8. The zero-order chi connectivity index (χ0) is 10.0. The fraction of sp³-hybridized carbons (Fsp3) is 0.429. The summed E-state index contributed by atoms with van der Waals surface area (Å²) in [7, 11) is 0. The van der Waals surface area contributed by atoms with Gasteiger partial charge < -0.3 is 20.5 Å². The first-order valence-electron chi connectivity index (χ1n) is 3.65. The minimum Gasteiger partial charge on any atom is -0.491 e. The summed E-state index contributed by atoms with van der Waals surface area (Å²) in [6.45, 7) is 1.58. The summed E-state index contributed by atoms with van der Waals surface area (Å²) >= 11 is 0. The van der Waals surface area contributed by atoms with Crippen molar-refractivity contribution in [1.29, 1.82) is 0 Å². The molecule has 0 aliphatic carbocycles. The zero-order valence-electron chi connectivity index (χ0n) is 7.02. The van der Waals surface area contributed by atoms with Crippen LogP contribution in [0.4, 0.5) is 0 Å². The molecular formula is C7H10N2O4. The van der Waals surface area contributed by atoms with Gasteiger partial charge in [0.2, 0.25) is 0 Å². The highest BCUT2D eigenvalue weighted by molar-refractivity contribution is 5.73. The van der Waals surface area contributed by atoms with E-state index in [4.69, 9.17) is 15.9 Å². The van der Waals surface area contributed by atoms with E-state index in [1.165, 1.54) is 0 Å². The van der Waals surface area contributed by atoms with Gasteiger partial charge in [-0.05, 0) is 12.1 Å². The van der Waals surface area contributed by atoms with Crippen molar-refractivity contribution in [2.45, 2.75) is 19.4 Å². The first-order chi connectivity index (χ1) is 6.02. The van der Waals surface area contributed by atoms with Crippen LogP contribution in [0.3, 0.4) is 0 Å². The lowest BCUT2D eigenvalue weighted by Gasteiger charge is -2.02. The summed E-state index contributed by atoms with van der Waals surface area (Å²) in [5.74, 6) is -1.05. The molecule has 0 saturated heterocycles. The number of carbonyl (C=O) groups is 1. The predicted octanol–water partition coefficient (Wildman–Crippen LogP) is -0.357. The van der Waals surface area contributed by atoms with Crippen molar-refractivity contribution in [2.24, 2.45) is 5.73 Å². The Kier molecular flexibility index (Phi) is 2.52. The van der Waals surface area contributed by atoms with Gasteiger partial charge in [0.25, 0.3) is 5.88 Å². The molecule has 0 unspecified atom stereocenters. The number of aliphatic carboxylic acids is 1. The molecule has 0 amide bonds. The van der Waals surface area contributed by atoms with Crippen molar-refractivity contribution in [3.8, 4) is 5.88 Å². The number of rotatable bonds is 3. The van der Waals surface area contributed by atoms with E-state index in [1.54, 1.807) is 6.92 Å². The maximum Gasteiger partial charge on any atom is 0.320 e. The van der Waals surface area contributed by atoms with Gasteiger partial charge in [-0.1, -0.05) is 0 Å². The maximum atomic E-state index is 10.4. The van der Waals surface area contributed by atoms with Gasteiger partial charge in [0.05, 0.1) is 5.56 Å². The number of nitrogens with two attached hydrogens (primary N) is 1. The Morgan fingerprint density at radius 1 is 1.77 bits per heavy atom. The molecule has 4 N–H and O–H groups in total. The number of hydrogen-bond acceptors (Lipinski definition) is 5. The molecule has 1 aromatic rings. The number of carboxylic acid groups (broad SMARTS) is 1. The Bertz CT molecular complexity index is 320. The van der Waals surface area contributed by atoms with E-state index < -0.39 is 12.0 Å². The lowest BCUT2D eigenvalue weighted by Crippen LogP contribution is -2.32. The van der Waals surface area contributed by atoms with E-state index in [0.29, 0.717) is 11.3 Å². The second-order valence-corrected chi connectivity index (χ2v) is 2.70. The highest BCUT2D eigenvalue weighted by atomic mass is 16.5. The number of carboxylic acids is 1. The first-order valence-corrected chi connectivity index (χ1v) is 3.65. The molecule has 13 heavy (non-hydrogen) atoms. The summed E-state index contributed by atoms with van der Waals surface area (Å²) in [6.07, 6.45) is 0.0225. The van der Waals surface area contributed by atoms with Gasteiger partial charge in [0.15, 0.2) is 0 Å². The fourth-order valence-corrected chi connectivity index (χ4v) is 0.837. The summed E-state index contributed by atoms with van der Waals surface area (Å²) in [6, 6.07) is -1.04. The third kappa shape index (κ3) is 1.97. The lowest BCUT2D eigenvalue weighted by molar-refractivity contribution is -0.138. The van der Waals surface area contributed by atoms with Crippen LogP contribution in [0.2, 0.25) is 0 Å². The molecule has 1 atom stereocenters. The molecule has 72 valence electrons.